The number of imide groups is 1. The van der Waals surface area contributed by atoms with Crippen LogP contribution in [0.5, 0.6) is 11.5 Å². The lowest BCUT2D eigenvalue weighted by Gasteiger charge is -2.14. The molecular formula is C27H20Cl2N2O6S. The summed E-state index contributed by atoms with van der Waals surface area (Å²) in [5.74, 6) is -1.64. The minimum atomic E-state index is -0.682. The summed E-state index contributed by atoms with van der Waals surface area (Å²) in [6.45, 7) is 1.56. The van der Waals surface area contributed by atoms with E-state index in [4.69, 9.17) is 32.7 Å². The van der Waals surface area contributed by atoms with Crippen LogP contribution in [-0.2, 0) is 9.59 Å². The lowest BCUT2D eigenvalue weighted by atomic mass is 10.1. The molecule has 0 saturated carbocycles. The Morgan fingerprint density at radius 1 is 1.03 bits per heavy atom. The molecule has 1 saturated heterocycles. The molecule has 3 aromatic rings. The molecule has 0 unspecified atom stereocenters. The van der Waals surface area contributed by atoms with Crippen LogP contribution in [0.1, 0.15) is 22.8 Å². The summed E-state index contributed by atoms with van der Waals surface area (Å²) in [6, 6.07) is 18.0. The highest BCUT2D eigenvalue weighted by Crippen LogP contribution is 2.39. The normalized spacial score (nSPS) is 14.1. The van der Waals surface area contributed by atoms with Gasteiger partial charge in [-0.3, -0.25) is 19.3 Å². The molecule has 0 spiro atoms. The number of rotatable bonds is 8. The van der Waals surface area contributed by atoms with Crippen LogP contribution in [0, 0.1) is 0 Å². The third-order valence-electron chi connectivity index (χ3n) is 5.12. The lowest BCUT2D eigenvalue weighted by Crippen LogP contribution is -2.36. The van der Waals surface area contributed by atoms with Crippen LogP contribution in [-0.4, -0.2) is 41.1 Å². The number of halogens is 2. The van der Waals surface area contributed by atoms with Crippen LogP contribution in [0.2, 0.25) is 10.0 Å². The lowest BCUT2D eigenvalue weighted by molar-refractivity contribution is -0.127. The number of hydrogen-bond acceptors (Lipinski definition) is 7. The fraction of sp³-hybridized carbons (Fsp3) is 0.111. The number of carbonyl (C=O) groups is 4. The molecule has 1 heterocycles. The molecule has 0 atom stereocenters. The van der Waals surface area contributed by atoms with Gasteiger partial charge in [-0.2, -0.15) is 0 Å². The number of esters is 1. The summed E-state index contributed by atoms with van der Waals surface area (Å²) in [4.78, 5) is 51.3. The smallest absolute Gasteiger partial charge is 0.343 e. The van der Waals surface area contributed by atoms with Crippen molar-refractivity contribution in [1.29, 1.82) is 0 Å². The fourth-order valence-corrected chi connectivity index (χ4v) is 4.74. The van der Waals surface area contributed by atoms with Crippen LogP contribution < -0.4 is 14.8 Å². The van der Waals surface area contributed by atoms with Crippen molar-refractivity contribution in [2.45, 2.75) is 6.92 Å². The second kappa shape index (κ2) is 12.2. The van der Waals surface area contributed by atoms with Crippen molar-refractivity contribution in [3.05, 3.63) is 92.8 Å². The van der Waals surface area contributed by atoms with Gasteiger partial charge in [0.25, 0.3) is 11.1 Å². The van der Waals surface area contributed by atoms with E-state index in [9.17, 15) is 19.2 Å². The molecule has 194 valence electrons. The second-order valence-corrected chi connectivity index (χ2v) is 9.68. The maximum atomic E-state index is 12.9. The molecule has 4 rings (SSSR count). The highest BCUT2D eigenvalue weighted by atomic mass is 35.5. The van der Waals surface area contributed by atoms with Crippen molar-refractivity contribution in [2.24, 2.45) is 0 Å². The van der Waals surface area contributed by atoms with E-state index in [2.05, 4.69) is 5.32 Å². The molecule has 0 radical (unpaired) electrons. The van der Waals surface area contributed by atoms with E-state index in [-0.39, 0.29) is 33.6 Å². The molecule has 3 amide bonds. The van der Waals surface area contributed by atoms with Gasteiger partial charge in [-0.25, -0.2) is 4.79 Å². The van der Waals surface area contributed by atoms with Gasteiger partial charge in [0.15, 0.2) is 11.5 Å². The Hall–Kier alpha value is -3.79. The average molecular weight is 571 g/mol. The zero-order valence-corrected chi connectivity index (χ0v) is 22.2. The van der Waals surface area contributed by atoms with Crippen LogP contribution in [0.15, 0.2) is 71.6 Å². The van der Waals surface area contributed by atoms with E-state index in [0.717, 1.165) is 4.90 Å². The Balaban J connectivity index is 1.53. The molecule has 1 N–H and O–H groups in total. The summed E-state index contributed by atoms with van der Waals surface area (Å²) in [5.41, 5.74) is 1.21. The number of carbonyl (C=O) groups excluding carboxylic acids is 4. The molecule has 38 heavy (non-hydrogen) atoms. The predicted octanol–water partition coefficient (Wildman–Crippen LogP) is 6.29. The summed E-state index contributed by atoms with van der Waals surface area (Å²) in [7, 11) is 0. The third kappa shape index (κ3) is 6.55. The highest BCUT2D eigenvalue weighted by Gasteiger charge is 2.36. The third-order valence-corrected chi connectivity index (χ3v) is 6.54. The number of para-hydroxylation sites is 1. The van der Waals surface area contributed by atoms with Gasteiger partial charge in [-0.1, -0.05) is 47.5 Å². The molecule has 11 heteroatoms. The molecule has 0 bridgehead atoms. The predicted molar refractivity (Wildman–Crippen MR) is 147 cm³/mol. The molecule has 1 fully saturated rings. The molecule has 0 aliphatic carbocycles. The number of thioether (sulfide) groups is 1. The summed E-state index contributed by atoms with van der Waals surface area (Å²) in [5, 5.41) is 2.49. The van der Waals surface area contributed by atoms with Crippen molar-refractivity contribution in [2.75, 3.05) is 18.5 Å². The fourth-order valence-electron chi connectivity index (χ4n) is 3.45. The van der Waals surface area contributed by atoms with Crippen LogP contribution >= 0.6 is 35.0 Å². The highest BCUT2D eigenvalue weighted by molar-refractivity contribution is 8.18. The zero-order chi connectivity index (χ0) is 27.2. The molecular weight excluding hydrogens is 551 g/mol. The number of anilines is 1. The SMILES string of the molecule is CCOc1cc(/C=C2\SC(=O)N(CC(=O)Nc3ccccc3)C2=O)cc(Cl)c1OC(=O)c1cccc(Cl)c1. The number of amides is 3. The monoisotopic (exact) mass is 570 g/mol. The molecule has 1 aliphatic rings. The average Bonchev–Trinajstić information content (AvgIpc) is 3.14. The first-order valence-corrected chi connectivity index (χ1v) is 12.9. The van der Waals surface area contributed by atoms with E-state index in [1.807, 2.05) is 0 Å². The Kier molecular flexibility index (Phi) is 8.73. The van der Waals surface area contributed by atoms with Crippen molar-refractivity contribution in [3.63, 3.8) is 0 Å². The Morgan fingerprint density at radius 3 is 2.50 bits per heavy atom. The van der Waals surface area contributed by atoms with E-state index < -0.39 is 29.6 Å². The maximum Gasteiger partial charge on any atom is 0.343 e. The largest absolute Gasteiger partial charge is 0.490 e. The van der Waals surface area contributed by atoms with Gasteiger partial charge in [-0.05, 0) is 72.8 Å². The van der Waals surface area contributed by atoms with Crippen LogP contribution in [0.25, 0.3) is 6.08 Å². The topological polar surface area (TPSA) is 102 Å². The standard InChI is InChI=1S/C27H20Cl2N2O6S/c1-2-36-21-12-16(11-20(29)24(21)37-26(34)17-7-6-8-18(28)14-17)13-22-25(33)31(27(35)38-22)15-23(32)30-19-9-4-3-5-10-19/h3-14H,2,15H2,1H3,(H,30,32)/b22-13-. The Morgan fingerprint density at radius 2 is 1.79 bits per heavy atom. The van der Waals surface area contributed by atoms with E-state index in [1.165, 1.54) is 24.3 Å². The molecule has 0 aromatic heterocycles. The first kappa shape index (κ1) is 27.3. The first-order valence-electron chi connectivity index (χ1n) is 11.3. The van der Waals surface area contributed by atoms with Gasteiger partial charge in [0.2, 0.25) is 5.91 Å². The summed E-state index contributed by atoms with van der Waals surface area (Å²) in [6.07, 6.45) is 1.46. The minimum absolute atomic E-state index is 0.00123. The van der Waals surface area contributed by atoms with Gasteiger partial charge in [0, 0.05) is 10.7 Å². The van der Waals surface area contributed by atoms with Gasteiger partial charge in [-0.15, -0.1) is 0 Å². The number of ether oxygens (including phenoxy) is 2. The van der Waals surface area contributed by atoms with Crippen molar-refractivity contribution >= 4 is 69.8 Å². The Labute approximate surface area is 232 Å². The van der Waals surface area contributed by atoms with Gasteiger partial charge >= 0.3 is 5.97 Å². The minimum Gasteiger partial charge on any atom is -0.490 e. The second-order valence-electron chi connectivity index (χ2n) is 7.84. The number of hydrogen-bond donors (Lipinski definition) is 1. The zero-order valence-electron chi connectivity index (χ0n) is 19.9. The first-order chi connectivity index (χ1) is 18.2. The van der Waals surface area contributed by atoms with Crippen molar-refractivity contribution < 1.29 is 28.7 Å². The summed E-state index contributed by atoms with van der Waals surface area (Å²) >= 11 is 13.1. The summed E-state index contributed by atoms with van der Waals surface area (Å²) < 4.78 is 11.1. The molecule has 8 nitrogen and oxygen atoms in total. The number of benzene rings is 3. The maximum absolute atomic E-state index is 12.9. The van der Waals surface area contributed by atoms with Crippen LogP contribution in [0.4, 0.5) is 10.5 Å². The van der Waals surface area contributed by atoms with E-state index in [0.29, 0.717) is 28.0 Å². The van der Waals surface area contributed by atoms with Gasteiger partial charge in [0.1, 0.15) is 6.54 Å². The Bertz CT molecular complexity index is 1440. The van der Waals surface area contributed by atoms with Crippen molar-refractivity contribution in [3.8, 4) is 11.5 Å². The van der Waals surface area contributed by atoms with Gasteiger partial charge < -0.3 is 14.8 Å². The van der Waals surface area contributed by atoms with E-state index >= 15 is 0 Å². The van der Waals surface area contributed by atoms with Crippen LogP contribution in [0.3, 0.4) is 0 Å². The molecule has 1 aliphatic heterocycles. The molecule has 3 aromatic carbocycles. The van der Waals surface area contributed by atoms with E-state index in [1.54, 1.807) is 55.5 Å². The quantitative estimate of drug-likeness (QED) is 0.193. The van der Waals surface area contributed by atoms with Gasteiger partial charge in [0.05, 0.1) is 22.1 Å². The number of nitrogens with zero attached hydrogens (tertiary/aromatic N) is 1. The van der Waals surface area contributed by atoms with Crippen molar-refractivity contribution in [1.82, 2.24) is 4.90 Å². The number of nitrogens with one attached hydrogen (secondary N) is 1.